The molecule has 0 aromatic rings. The maximum atomic E-state index is 2.45. The second kappa shape index (κ2) is 43.5. The lowest BCUT2D eigenvalue weighted by atomic mass is 10.0. The Kier molecular flexibility index (Phi) is 50.4. The Hall–Kier alpha value is 0.500. The molecule has 0 heterocycles. The Morgan fingerprint density at radius 3 is 0.848 bits per heavy atom. The van der Waals surface area contributed by atoms with Gasteiger partial charge in [0.2, 0.25) is 0 Å². The molecule has 1 unspecified atom stereocenters. The van der Waals surface area contributed by atoms with Crippen molar-refractivity contribution in [3.05, 3.63) is 0 Å². The van der Waals surface area contributed by atoms with Crippen molar-refractivity contribution < 1.29 is 16.9 Å². The maximum Gasteiger partial charge on any atom is 0.0782 e. The Labute approximate surface area is 307 Å². The fraction of sp³-hybridized carbons (Fsp3) is 1.00. The third-order valence-corrected chi connectivity index (χ3v) is 10.1. The summed E-state index contributed by atoms with van der Waals surface area (Å²) in [6.45, 7) is 12.0. The summed E-state index contributed by atoms with van der Waals surface area (Å²) < 4.78 is 1.24. The van der Waals surface area contributed by atoms with Crippen molar-refractivity contribution in [2.75, 3.05) is 41.3 Å². The van der Waals surface area contributed by atoms with Gasteiger partial charge in [0.1, 0.15) is 0 Å². The second-order valence-corrected chi connectivity index (χ2v) is 15.5. The highest BCUT2D eigenvalue weighted by Crippen LogP contribution is 2.15. The first-order valence-corrected chi connectivity index (χ1v) is 20.8. The molecule has 0 saturated heterocycles. The molecule has 0 N–H and O–H groups in total. The van der Waals surface area contributed by atoms with Gasteiger partial charge in [0.25, 0.3) is 0 Å². The molecule has 2 nitrogen and oxygen atoms in total. The van der Waals surface area contributed by atoms with Gasteiger partial charge in [0, 0.05) is 6.04 Å². The zero-order valence-corrected chi connectivity index (χ0v) is 35.2. The Balaban J connectivity index is -0.000000403. The summed E-state index contributed by atoms with van der Waals surface area (Å²) in [7, 11) is 9.25. The molecule has 0 saturated carbocycles. The SMILES string of the molecule is CCCCCCCCCCCCC(C)N(C)C.CCCCCCCCCCCC[N+](C)(C)CCCCCCCCCCCC.Cl.[Cl-]. The first-order valence-electron chi connectivity index (χ1n) is 20.8. The van der Waals surface area contributed by atoms with Gasteiger partial charge in [0.15, 0.2) is 0 Å². The molecule has 46 heavy (non-hydrogen) atoms. The summed E-state index contributed by atoms with van der Waals surface area (Å²) in [5, 5.41) is 0. The van der Waals surface area contributed by atoms with E-state index in [4.69, 9.17) is 0 Å². The minimum atomic E-state index is 0. The van der Waals surface area contributed by atoms with Crippen molar-refractivity contribution >= 4 is 12.4 Å². The minimum Gasteiger partial charge on any atom is -1.00 e. The summed E-state index contributed by atoms with van der Waals surface area (Å²) in [6, 6.07) is 0.754. The van der Waals surface area contributed by atoms with E-state index in [0.29, 0.717) is 0 Å². The topological polar surface area (TPSA) is 3.24 Å². The van der Waals surface area contributed by atoms with E-state index in [-0.39, 0.29) is 24.8 Å². The summed E-state index contributed by atoms with van der Waals surface area (Å²) in [5.74, 6) is 0. The zero-order chi connectivity index (χ0) is 33.0. The largest absolute Gasteiger partial charge is 1.00 e. The fourth-order valence-corrected chi connectivity index (χ4v) is 6.35. The van der Waals surface area contributed by atoms with Crippen molar-refractivity contribution in [1.29, 1.82) is 0 Å². The normalized spacial score (nSPS) is 11.9. The lowest BCUT2D eigenvalue weighted by Crippen LogP contribution is -3.00. The predicted octanol–water partition coefficient (Wildman–Crippen LogP) is 11.6. The van der Waals surface area contributed by atoms with E-state index in [0.717, 1.165) is 6.04 Å². The average molecular weight is 696 g/mol. The molecule has 284 valence electrons. The molecule has 4 heteroatoms. The Bertz CT molecular complexity index is 486. The number of unbranched alkanes of at least 4 members (excludes halogenated alkanes) is 27. The number of nitrogens with zero attached hydrogens (tertiary/aromatic N) is 2. The van der Waals surface area contributed by atoms with Crippen LogP contribution in [0.4, 0.5) is 0 Å². The van der Waals surface area contributed by atoms with E-state index in [9.17, 15) is 0 Å². The van der Waals surface area contributed by atoms with E-state index >= 15 is 0 Å². The van der Waals surface area contributed by atoms with Crippen molar-refractivity contribution in [2.45, 2.75) is 233 Å². The number of halogens is 2. The van der Waals surface area contributed by atoms with Crippen LogP contribution in [0.3, 0.4) is 0 Å². The van der Waals surface area contributed by atoms with Gasteiger partial charge in [-0.2, -0.15) is 0 Å². The van der Waals surface area contributed by atoms with E-state index in [2.05, 4.69) is 60.8 Å². The maximum absolute atomic E-state index is 2.45. The highest BCUT2D eigenvalue weighted by molar-refractivity contribution is 5.85. The van der Waals surface area contributed by atoms with Crippen LogP contribution in [-0.4, -0.2) is 56.7 Å². The Morgan fingerprint density at radius 2 is 0.609 bits per heavy atom. The van der Waals surface area contributed by atoms with Crippen LogP contribution >= 0.6 is 12.4 Å². The molecule has 0 aliphatic carbocycles. The van der Waals surface area contributed by atoms with E-state index < -0.39 is 0 Å². The van der Waals surface area contributed by atoms with Crippen molar-refractivity contribution in [3.63, 3.8) is 0 Å². The number of hydrogen-bond acceptors (Lipinski definition) is 1. The molecule has 0 aliphatic rings. The molecule has 0 bridgehead atoms. The van der Waals surface area contributed by atoms with Crippen LogP contribution in [0, 0.1) is 0 Å². The average Bonchev–Trinajstić information content (AvgIpc) is 3.00. The van der Waals surface area contributed by atoms with Crippen molar-refractivity contribution in [2.24, 2.45) is 0 Å². The summed E-state index contributed by atoms with van der Waals surface area (Å²) in [5.41, 5.74) is 0. The molecular formula is C42H92Cl2N2. The lowest BCUT2D eigenvalue weighted by molar-refractivity contribution is -0.890. The van der Waals surface area contributed by atoms with E-state index in [1.165, 1.54) is 217 Å². The molecule has 0 spiro atoms. The fourth-order valence-electron chi connectivity index (χ4n) is 6.35. The van der Waals surface area contributed by atoms with Gasteiger partial charge in [0.05, 0.1) is 27.2 Å². The quantitative estimate of drug-likeness (QED) is 0.0478. The lowest BCUT2D eigenvalue weighted by Gasteiger charge is -2.30. The molecule has 0 amide bonds. The third-order valence-electron chi connectivity index (χ3n) is 10.1. The van der Waals surface area contributed by atoms with Crippen LogP contribution in [0.1, 0.15) is 227 Å². The molecule has 0 aromatic carbocycles. The standard InChI is InChI=1S/C26H56N.C16H35N.2ClH/c1-5-7-9-11-13-15-17-19-21-23-25-27(3,4)26-24-22-20-18-16-14-12-10-8-6-2;1-5-6-7-8-9-10-11-12-13-14-15-16(2)17(3)4;;/h5-26H2,1-4H3;16H,5-15H2,1-4H3;2*1H/q+1;;;/p-1. The zero-order valence-electron chi connectivity index (χ0n) is 33.6. The van der Waals surface area contributed by atoms with Crippen LogP contribution in [0.25, 0.3) is 0 Å². The van der Waals surface area contributed by atoms with Gasteiger partial charge < -0.3 is 21.8 Å². The van der Waals surface area contributed by atoms with E-state index in [1.807, 2.05) is 0 Å². The summed E-state index contributed by atoms with van der Waals surface area (Å²) in [4.78, 5) is 2.33. The van der Waals surface area contributed by atoms with Gasteiger partial charge >= 0.3 is 0 Å². The Morgan fingerprint density at radius 1 is 0.391 bits per heavy atom. The van der Waals surface area contributed by atoms with Gasteiger partial charge in [-0.3, -0.25) is 0 Å². The van der Waals surface area contributed by atoms with Gasteiger partial charge in [-0.05, 0) is 53.1 Å². The predicted molar refractivity (Wildman–Crippen MR) is 212 cm³/mol. The van der Waals surface area contributed by atoms with Crippen LogP contribution in [-0.2, 0) is 0 Å². The summed E-state index contributed by atoms with van der Waals surface area (Å²) >= 11 is 0. The second-order valence-electron chi connectivity index (χ2n) is 15.5. The molecule has 1 atom stereocenters. The molecule has 0 rings (SSSR count). The summed E-state index contributed by atoms with van der Waals surface area (Å²) in [6.07, 6.45) is 44.8. The molecule has 0 radical (unpaired) electrons. The number of hydrogen-bond donors (Lipinski definition) is 0. The smallest absolute Gasteiger partial charge is 0.0782 e. The molecular weight excluding hydrogens is 603 g/mol. The van der Waals surface area contributed by atoms with Crippen LogP contribution in [0.5, 0.6) is 0 Å². The van der Waals surface area contributed by atoms with E-state index in [1.54, 1.807) is 0 Å². The first-order chi connectivity index (χ1) is 21.3. The van der Waals surface area contributed by atoms with Crippen molar-refractivity contribution in [1.82, 2.24) is 4.90 Å². The first kappa shape index (κ1) is 53.3. The number of quaternary nitrogens is 1. The highest BCUT2D eigenvalue weighted by atomic mass is 35.5. The minimum absolute atomic E-state index is 0. The van der Waals surface area contributed by atoms with Gasteiger partial charge in [-0.25, -0.2) is 0 Å². The number of rotatable bonds is 34. The molecule has 0 aromatic heterocycles. The van der Waals surface area contributed by atoms with Crippen LogP contribution < -0.4 is 12.4 Å². The molecule has 0 fully saturated rings. The third kappa shape index (κ3) is 46.6. The van der Waals surface area contributed by atoms with Crippen LogP contribution in [0.15, 0.2) is 0 Å². The van der Waals surface area contributed by atoms with Gasteiger partial charge in [-0.1, -0.05) is 188 Å². The highest BCUT2D eigenvalue weighted by Gasteiger charge is 2.13. The van der Waals surface area contributed by atoms with Gasteiger partial charge in [-0.15, -0.1) is 12.4 Å². The van der Waals surface area contributed by atoms with Crippen LogP contribution in [0.2, 0.25) is 0 Å². The van der Waals surface area contributed by atoms with Crippen molar-refractivity contribution in [3.8, 4) is 0 Å². The molecule has 0 aliphatic heterocycles. The monoisotopic (exact) mass is 695 g/mol.